The summed E-state index contributed by atoms with van der Waals surface area (Å²) in [5, 5.41) is 1.08. The number of nitrogens with zero attached hydrogens (tertiary/aromatic N) is 3. The van der Waals surface area contributed by atoms with Crippen LogP contribution in [0.4, 0.5) is 5.69 Å². The molecule has 5 nitrogen and oxygen atoms in total. The van der Waals surface area contributed by atoms with E-state index in [1.807, 2.05) is 72.5 Å². The zero-order chi connectivity index (χ0) is 21.4. The van der Waals surface area contributed by atoms with Crippen LogP contribution in [0.15, 0.2) is 82.7 Å². The van der Waals surface area contributed by atoms with Crippen molar-refractivity contribution in [2.75, 3.05) is 17.2 Å². The lowest BCUT2D eigenvalue weighted by atomic mass is 10.2. The first-order chi connectivity index (χ1) is 15.1. The molecule has 1 amide bonds. The van der Waals surface area contributed by atoms with E-state index in [0.717, 1.165) is 23.4 Å². The van der Waals surface area contributed by atoms with E-state index in [1.54, 1.807) is 10.6 Å². The van der Waals surface area contributed by atoms with Crippen molar-refractivity contribution in [1.82, 2.24) is 9.55 Å². The number of aryl methyl sites for hydroxylation is 1. The van der Waals surface area contributed by atoms with Crippen LogP contribution in [-0.2, 0) is 11.2 Å². The lowest BCUT2D eigenvalue weighted by molar-refractivity contribution is -0.116. The van der Waals surface area contributed by atoms with Gasteiger partial charge in [-0.15, -0.1) is 0 Å². The van der Waals surface area contributed by atoms with E-state index < -0.39 is 0 Å². The van der Waals surface area contributed by atoms with Crippen molar-refractivity contribution in [3.05, 3.63) is 94.3 Å². The summed E-state index contributed by atoms with van der Waals surface area (Å²) in [6, 6.07) is 23.1. The van der Waals surface area contributed by atoms with Gasteiger partial charge in [0.1, 0.15) is 0 Å². The highest BCUT2D eigenvalue weighted by atomic mass is 32.2. The first kappa shape index (κ1) is 19.6. The normalized spacial score (nSPS) is 12.9. The quantitative estimate of drug-likeness (QED) is 0.358. The molecule has 0 N–H and O–H groups in total. The van der Waals surface area contributed by atoms with Gasteiger partial charge in [0.2, 0.25) is 5.91 Å². The Kier molecular flexibility index (Phi) is 5.08. The molecule has 0 spiro atoms. The van der Waals surface area contributed by atoms with Crippen molar-refractivity contribution in [3.63, 3.8) is 0 Å². The number of hydrogen-bond acceptors (Lipinski definition) is 4. The van der Waals surface area contributed by atoms with E-state index in [-0.39, 0.29) is 17.2 Å². The highest BCUT2D eigenvalue weighted by Gasteiger charge is 2.24. The highest BCUT2D eigenvalue weighted by Crippen LogP contribution is 2.29. The molecule has 31 heavy (non-hydrogen) atoms. The number of benzene rings is 3. The number of anilines is 1. The fraction of sp³-hybridized carbons (Fsp3) is 0.160. The molecule has 0 unspecified atom stereocenters. The summed E-state index contributed by atoms with van der Waals surface area (Å²) >= 11 is 1.31. The molecule has 3 aromatic carbocycles. The third-order valence-corrected chi connectivity index (χ3v) is 6.47. The van der Waals surface area contributed by atoms with Crippen LogP contribution < -0.4 is 10.5 Å². The van der Waals surface area contributed by atoms with E-state index in [1.165, 1.54) is 17.3 Å². The maximum Gasteiger partial charge on any atom is 0.266 e. The molecule has 0 bridgehead atoms. The van der Waals surface area contributed by atoms with Crippen molar-refractivity contribution in [1.29, 1.82) is 0 Å². The molecule has 2 heterocycles. The van der Waals surface area contributed by atoms with Crippen molar-refractivity contribution in [2.45, 2.75) is 18.5 Å². The predicted molar refractivity (Wildman–Crippen MR) is 125 cm³/mol. The number of carbonyl (C=O) groups is 1. The number of hydrogen-bond donors (Lipinski definition) is 0. The van der Waals surface area contributed by atoms with Crippen molar-refractivity contribution < 1.29 is 4.79 Å². The van der Waals surface area contributed by atoms with Crippen LogP contribution in [0.25, 0.3) is 16.6 Å². The molecule has 0 saturated heterocycles. The van der Waals surface area contributed by atoms with Crippen LogP contribution in [0.2, 0.25) is 0 Å². The van der Waals surface area contributed by atoms with Gasteiger partial charge in [-0.1, -0.05) is 59.8 Å². The standard InChI is InChI=1S/C25H21N3O2S/c1-17-10-12-19(13-11-17)28-24(30)20-7-3-4-8-21(20)26-25(28)31-16-23(29)27-15-14-18-6-2-5-9-22(18)27/h2-13H,14-16H2,1H3. The maximum atomic E-state index is 13.3. The van der Waals surface area contributed by atoms with Gasteiger partial charge in [-0.2, -0.15) is 0 Å². The van der Waals surface area contributed by atoms with Gasteiger partial charge in [-0.3, -0.25) is 14.2 Å². The van der Waals surface area contributed by atoms with Crippen molar-refractivity contribution in [3.8, 4) is 5.69 Å². The monoisotopic (exact) mass is 427 g/mol. The lowest BCUT2D eigenvalue weighted by Gasteiger charge is -2.18. The van der Waals surface area contributed by atoms with Gasteiger partial charge in [0.25, 0.3) is 5.56 Å². The molecule has 5 rings (SSSR count). The molecule has 0 radical (unpaired) electrons. The second kappa shape index (κ2) is 8.04. The topological polar surface area (TPSA) is 55.2 Å². The summed E-state index contributed by atoms with van der Waals surface area (Å²) in [7, 11) is 0. The number of carbonyl (C=O) groups excluding carboxylic acids is 1. The molecule has 0 aliphatic carbocycles. The van der Waals surface area contributed by atoms with Crippen molar-refractivity contribution in [2.24, 2.45) is 0 Å². The Labute approximate surface area is 184 Å². The zero-order valence-electron chi connectivity index (χ0n) is 17.1. The van der Waals surface area contributed by atoms with Gasteiger partial charge in [0.15, 0.2) is 5.16 Å². The summed E-state index contributed by atoms with van der Waals surface area (Å²) in [4.78, 5) is 32.9. The number of aromatic nitrogens is 2. The van der Waals surface area contributed by atoms with Crippen LogP contribution in [0.3, 0.4) is 0 Å². The number of thioether (sulfide) groups is 1. The summed E-state index contributed by atoms with van der Waals surface area (Å²) in [6.45, 7) is 2.70. The number of amides is 1. The van der Waals surface area contributed by atoms with E-state index in [0.29, 0.717) is 22.6 Å². The van der Waals surface area contributed by atoms with E-state index in [4.69, 9.17) is 4.98 Å². The summed E-state index contributed by atoms with van der Waals surface area (Å²) < 4.78 is 1.61. The van der Waals surface area contributed by atoms with E-state index in [9.17, 15) is 9.59 Å². The summed E-state index contributed by atoms with van der Waals surface area (Å²) in [6.07, 6.45) is 0.870. The summed E-state index contributed by atoms with van der Waals surface area (Å²) in [5.41, 5.74) is 4.54. The average Bonchev–Trinajstić information content (AvgIpc) is 3.23. The molecule has 1 aliphatic rings. The molecular formula is C25H21N3O2S. The van der Waals surface area contributed by atoms with E-state index in [2.05, 4.69) is 6.07 Å². The van der Waals surface area contributed by atoms with Crippen LogP contribution in [0.5, 0.6) is 0 Å². The Morgan fingerprint density at radius 1 is 1.00 bits per heavy atom. The minimum Gasteiger partial charge on any atom is -0.311 e. The Morgan fingerprint density at radius 3 is 2.58 bits per heavy atom. The fourth-order valence-electron chi connectivity index (χ4n) is 3.93. The SMILES string of the molecule is Cc1ccc(-n2c(SCC(=O)N3CCc4ccccc43)nc3ccccc3c2=O)cc1. The fourth-order valence-corrected chi connectivity index (χ4v) is 4.82. The van der Waals surface area contributed by atoms with Gasteiger partial charge in [0.05, 0.1) is 22.3 Å². The number of para-hydroxylation sites is 2. The summed E-state index contributed by atoms with van der Waals surface area (Å²) in [5.74, 6) is 0.234. The second-order valence-corrected chi connectivity index (χ2v) is 8.54. The van der Waals surface area contributed by atoms with Gasteiger partial charge in [0, 0.05) is 12.2 Å². The molecule has 154 valence electrons. The van der Waals surface area contributed by atoms with E-state index >= 15 is 0 Å². The average molecular weight is 428 g/mol. The van der Waals surface area contributed by atoms with Gasteiger partial charge >= 0.3 is 0 Å². The number of fused-ring (bicyclic) bond motifs is 2. The minimum atomic E-state index is -0.129. The van der Waals surface area contributed by atoms with Crippen LogP contribution in [0.1, 0.15) is 11.1 Å². The minimum absolute atomic E-state index is 0.0211. The Morgan fingerprint density at radius 2 is 1.74 bits per heavy atom. The predicted octanol–water partition coefficient (Wildman–Crippen LogP) is 4.38. The maximum absolute atomic E-state index is 13.3. The lowest BCUT2D eigenvalue weighted by Crippen LogP contribution is -2.31. The first-order valence-corrected chi connectivity index (χ1v) is 11.2. The van der Waals surface area contributed by atoms with Crippen LogP contribution in [0, 0.1) is 6.92 Å². The molecule has 4 aromatic rings. The third kappa shape index (κ3) is 3.64. The van der Waals surface area contributed by atoms with Gasteiger partial charge in [-0.25, -0.2) is 4.98 Å². The molecular weight excluding hydrogens is 406 g/mol. The third-order valence-electron chi connectivity index (χ3n) is 5.55. The largest absolute Gasteiger partial charge is 0.311 e. The van der Waals surface area contributed by atoms with Crippen LogP contribution in [-0.4, -0.2) is 27.8 Å². The molecule has 1 aromatic heterocycles. The molecule has 0 saturated carbocycles. The zero-order valence-corrected chi connectivity index (χ0v) is 17.9. The Balaban J connectivity index is 1.50. The van der Waals surface area contributed by atoms with Gasteiger partial charge < -0.3 is 4.90 Å². The Hall–Kier alpha value is -3.38. The molecule has 0 fully saturated rings. The molecule has 6 heteroatoms. The molecule has 1 aliphatic heterocycles. The highest BCUT2D eigenvalue weighted by molar-refractivity contribution is 7.99. The number of rotatable bonds is 4. The van der Waals surface area contributed by atoms with Crippen LogP contribution >= 0.6 is 11.8 Å². The van der Waals surface area contributed by atoms with Gasteiger partial charge in [-0.05, 0) is 49.2 Å². The molecule has 0 atom stereocenters. The second-order valence-electron chi connectivity index (χ2n) is 7.60. The smallest absolute Gasteiger partial charge is 0.266 e. The Bertz CT molecular complexity index is 1350. The van der Waals surface area contributed by atoms with Crippen molar-refractivity contribution >= 4 is 34.3 Å². The first-order valence-electron chi connectivity index (χ1n) is 10.2.